The number of aromatic nitrogens is 5. The lowest BCUT2D eigenvalue weighted by molar-refractivity contribution is -0.137. The van der Waals surface area contributed by atoms with Gasteiger partial charge in [0, 0.05) is 52.6 Å². The number of pyridine rings is 2. The lowest BCUT2D eigenvalue weighted by atomic mass is 10.0. The molecular formula is C34H34FN7O5S. The Morgan fingerprint density at radius 2 is 1.96 bits per heavy atom. The fourth-order valence-electron chi connectivity index (χ4n) is 5.55. The predicted molar refractivity (Wildman–Crippen MR) is 180 cm³/mol. The minimum absolute atomic E-state index is 0.162. The number of carbonyl (C=O) groups excluding carboxylic acids is 3. The summed E-state index contributed by atoms with van der Waals surface area (Å²) in [7, 11) is 0. The topological polar surface area (TPSA) is 133 Å². The van der Waals surface area contributed by atoms with Crippen molar-refractivity contribution in [3.8, 4) is 5.69 Å². The highest BCUT2D eigenvalue weighted by atomic mass is 32.1. The van der Waals surface area contributed by atoms with E-state index in [1.807, 2.05) is 12.1 Å². The lowest BCUT2D eigenvalue weighted by Crippen LogP contribution is -2.53. The number of hydrogen-bond acceptors (Lipinski definition) is 10. The standard InChI is InChI=1S/C34H34FN7O5S/c1-5-46-29(43)13-11-23-19-25-28(48-23)14-16-37-30(25)41(22-8-7-17-40(20-22)33(45)47-34(2,3)4)32(44)24-12-10-21(18-26(24)35)42-31-27(38-39-42)9-6-15-36-31/h6,9-16,18-19,22H,5,7-8,17,20H2,1-4H3/b13-11+/t22-/m1/s1. The highest BCUT2D eigenvalue weighted by molar-refractivity contribution is 7.20. The fraction of sp³-hybridized carbons (Fsp3) is 0.324. The smallest absolute Gasteiger partial charge is 0.410 e. The van der Waals surface area contributed by atoms with Gasteiger partial charge in [0.05, 0.1) is 23.9 Å². The van der Waals surface area contributed by atoms with E-state index in [2.05, 4.69) is 20.3 Å². The summed E-state index contributed by atoms with van der Waals surface area (Å²) in [5, 5.41) is 8.84. The van der Waals surface area contributed by atoms with Crippen LogP contribution in [-0.2, 0) is 14.3 Å². The van der Waals surface area contributed by atoms with Crippen LogP contribution in [0.15, 0.2) is 60.9 Å². The zero-order valence-corrected chi connectivity index (χ0v) is 27.7. The van der Waals surface area contributed by atoms with Crippen LogP contribution in [0.5, 0.6) is 0 Å². The van der Waals surface area contributed by atoms with Gasteiger partial charge in [0.1, 0.15) is 22.8 Å². The van der Waals surface area contributed by atoms with Crippen LogP contribution in [0.4, 0.5) is 15.0 Å². The number of likely N-dealkylation sites (tertiary alicyclic amines) is 1. The Bertz CT molecular complexity index is 2040. The van der Waals surface area contributed by atoms with Crippen LogP contribution in [-0.4, -0.2) is 79.2 Å². The van der Waals surface area contributed by atoms with Gasteiger partial charge in [-0.25, -0.2) is 23.9 Å². The van der Waals surface area contributed by atoms with Gasteiger partial charge in [0.2, 0.25) is 0 Å². The third-order valence-electron chi connectivity index (χ3n) is 7.61. The number of nitrogens with zero attached hydrogens (tertiary/aromatic N) is 7. The summed E-state index contributed by atoms with van der Waals surface area (Å²) in [6.07, 6.45) is 6.81. The minimum Gasteiger partial charge on any atom is -0.463 e. The van der Waals surface area contributed by atoms with Gasteiger partial charge in [0.25, 0.3) is 5.91 Å². The van der Waals surface area contributed by atoms with Crippen LogP contribution in [0.2, 0.25) is 0 Å². The van der Waals surface area contributed by atoms with E-state index in [0.29, 0.717) is 47.4 Å². The molecule has 248 valence electrons. The summed E-state index contributed by atoms with van der Waals surface area (Å²) in [5.74, 6) is -1.54. The first-order valence-electron chi connectivity index (χ1n) is 15.5. The summed E-state index contributed by atoms with van der Waals surface area (Å²) in [4.78, 5) is 52.3. The summed E-state index contributed by atoms with van der Waals surface area (Å²) >= 11 is 1.41. The molecule has 0 spiro atoms. The molecule has 48 heavy (non-hydrogen) atoms. The summed E-state index contributed by atoms with van der Waals surface area (Å²) < 4.78 is 28.9. The van der Waals surface area contributed by atoms with Gasteiger partial charge >= 0.3 is 12.1 Å². The maximum Gasteiger partial charge on any atom is 0.410 e. The highest BCUT2D eigenvalue weighted by Gasteiger charge is 2.36. The average Bonchev–Trinajstić information content (AvgIpc) is 3.68. The second-order valence-corrected chi connectivity index (χ2v) is 13.3. The number of amides is 2. The largest absolute Gasteiger partial charge is 0.463 e. The van der Waals surface area contributed by atoms with E-state index >= 15 is 4.39 Å². The van der Waals surface area contributed by atoms with Gasteiger partial charge in [-0.05, 0) is 83.0 Å². The third kappa shape index (κ3) is 6.88. The second-order valence-electron chi connectivity index (χ2n) is 12.2. The highest BCUT2D eigenvalue weighted by Crippen LogP contribution is 2.36. The number of esters is 1. The molecule has 0 saturated carbocycles. The van der Waals surface area contributed by atoms with E-state index in [1.54, 1.807) is 69.3 Å². The maximum absolute atomic E-state index is 16.0. The van der Waals surface area contributed by atoms with Gasteiger partial charge in [-0.15, -0.1) is 16.4 Å². The van der Waals surface area contributed by atoms with Crippen molar-refractivity contribution in [2.75, 3.05) is 24.6 Å². The molecule has 0 bridgehead atoms. The third-order valence-corrected chi connectivity index (χ3v) is 8.68. The van der Waals surface area contributed by atoms with Gasteiger partial charge in [-0.1, -0.05) is 5.21 Å². The molecule has 6 rings (SSSR count). The molecule has 1 atom stereocenters. The van der Waals surface area contributed by atoms with E-state index in [-0.39, 0.29) is 18.7 Å². The van der Waals surface area contributed by atoms with E-state index in [1.165, 1.54) is 39.1 Å². The molecule has 12 nitrogen and oxygen atoms in total. The monoisotopic (exact) mass is 671 g/mol. The van der Waals surface area contributed by atoms with Gasteiger partial charge in [0.15, 0.2) is 5.65 Å². The minimum atomic E-state index is -0.766. The summed E-state index contributed by atoms with van der Waals surface area (Å²) in [6.45, 7) is 7.98. The van der Waals surface area contributed by atoms with Crippen LogP contribution < -0.4 is 4.90 Å². The molecular weight excluding hydrogens is 637 g/mol. The average molecular weight is 672 g/mol. The molecule has 5 aromatic rings. The molecule has 0 N–H and O–H groups in total. The zero-order valence-electron chi connectivity index (χ0n) is 26.9. The number of ether oxygens (including phenoxy) is 2. The van der Waals surface area contributed by atoms with E-state index in [9.17, 15) is 14.4 Å². The number of hydrogen-bond donors (Lipinski definition) is 0. The van der Waals surface area contributed by atoms with Crippen LogP contribution in [0.25, 0.3) is 33.0 Å². The van der Waals surface area contributed by atoms with Crippen molar-refractivity contribution >= 4 is 62.5 Å². The first kappa shape index (κ1) is 32.7. The van der Waals surface area contributed by atoms with Gasteiger partial charge in [-0.3, -0.25) is 9.69 Å². The Morgan fingerprint density at radius 1 is 1.12 bits per heavy atom. The number of carbonyl (C=O) groups is 3. The molecule has 1 fully saturated rings. The van der Waals surface area contributed by atoms with Crippen LogP contribution >= 0.6 is 11.3 Å². The van der Waals surface area contributed by atoms with Crippen molar-refractivity contribution in [1.29, 1.82) is 0 Å². The van der Waals surface area contributed by atoms with E-state index in [0.717, 1.165) is 9.58 Å². The molecule has 0 radical (unpaired) electrons. The van der Waals surface area contributed by atoms with Crippen molar-refractivity contribution in [2.45, 2.75) is 52.2 Å². The van der Waals surface area contributed by atoms with Crippen LogP contribution in [0, 0.1) is 5.82 Å². The molecule has 0 aliphatic carbocycles. The SMILES string of the molecule is CCOC(=O)/C=C/c1cc2c(N(C(=O)c3ccc(-n4nnc5cccnc54)cc3F)[C@@H]3CCCN(C(=O)OC(C)(C)C)C3)nccc2s1. The predicted octanol–water partition coefficient (Wildman–Crippen LogP) is 6.19. The van der Waals surface area contributed by atoms with Gasteiger partial charge in [-0.2, -0.15) is 4.68 Å². The Balaban J connectivity index is 1.40. The fourth-order valence-corrected chi connectivity index (χ4v) is 6.51. The molecule has 1 saturated heterocycles. The number of halogens is 1. The number of rotatable bonds is 7. The Labute approximate surface area is 279 Å². The summed E-state index contributed by atoms with van der Waals surface area (Å²) in [5.41, 5.74) is 0.460. The number of benzene rings is 1. The van der Waals surface area contributed by atoms with Crippen LogP contribution in [0.1, 0.15) is 55.8 Å². The Kier molecular flexibility index (Phi) is 9.18. The van der Waals surface area contributed by atoms with Crippen molar-refractivity contribution in [1.82, 2.24) is 29.9 Å². The first-order chi connectivity index (χ1) is 23.0. The van der Waals surface area contributed by atoms with Crippen molar-refractivity contribution in [3.63, 3.8) is 0 Å². The lowest BCUT2D eigenvalue weighted by Gasteiger charge is -2.39. The zero-order chi connectivity index (χ0) is 34.0. The molecule has 1 aliphatic heterocycles. The molecule has 1 aromatic carbocycles. The maximum atomic E-state index is 16.0. The van der Waals surface area contributed by atoms with Crippen LogP contribution in [0.3, 0.4) is 0 Å². The second kappa shape index (κ2) is 13.5. The molecule has 5 heterocycles. The molecule has 2 amide bonds. The van der Waals surface area contributed by atoms with Crippen molar-refractivity contribution in [3.05, 3.63) is 77.2 Å². The quantitative estimate of drug-likeness (QED) is 0.147. The Hall–Kier alpha value is -5.24. The number of anilines is 1. The normalized spacial score (nSPS) is 15.3. The molecule has 14 heteroatoms. The van der Waals surface area contributed by atoms with Crippen molar-refractivity contribution < 1.29 is 28.2 Å². The summed E-state index contributed by atoms with van der Waals surface area (Å²) in [6, 6.07) is 10.8. The Morgan fingerprint density at radius 3 is 2.73 bits per heavy atom. The molecule has 0 unspecified atom stereocenters. The number of fused-ring (bicyclic) bond motifs is 2. The number of piperidine rings is 1. The van der Waals surface area contributed by atoms with E-state index in [4.69, 9.17) is 9.47 Å². The van der Waals surface area contributed by atoms with E-state index < -0.39 is 35.4 Å². The number of thiophene rings is 1. The first-order valence-corrected chi connectivity index (χ1v) is 16.4. The van der Waals surface area contributed by atoms with Gasteiger partial charge < -0.3 is 14.4 Å². The molecule has 1 aliphatic rings. The molecule has 4 aromatic heterocycles. The van der Waals surface area contributed by atoms with Crippen molar-refractivity contribution in [2.24, 2.45) is 0 Å².